The van der Waals surface area contributed by atoms with Crippen LogP contribution < -0.4 is 20.3 Å². The van der Waals surface area contributed by atoms with Crippen LogP contribution >= 0.6 is 11.8 Å². The van der Waals surface area contributed by atoms with Crippen LogP contribution in [-0.2, 0) is 31.2 Å². The minimum Gasteiger partial charge on any atom is -0.490 e. The molecule has 4 aromatic rings. The van der Waals surface area contributed by atoms with E-state index in [0.717, 1.165) is 23.6 Å². The Kier molecular flexibility index (Phi) is 9.76. The van der Waals surface area contributed by atoms with E-state index in [2.05, 4.69) is 15.3 Å². The van der Waals surface area contributed by atoms with Crippen LogP contribution in [0.3, 0.4) is 0 Å². The van der Waals surface area contributed by atoms with Crippen LogP contribution in [0.2, 0.25) is 0 Å². The lowest BCUT2D eigenvalue weighted by atomic mass is 9.92. The molecule has 1 saturated heterocycles. The molecule has 0 spiro atoms. The summed E-state index contributed by atoms with van der Waals surface area (Å²) >= 11 is 1.43. The summed E-state index contributed by atoms with van der Waals surface area (Å²) in [6.07, 6.45) is -1.28. The smallest absolute Gasteiger partial charge is 0.490 e. The highest BCUT2D eigenvalue weighted by Gasteiger charge is 2.39. The zero-order valence-corrected chi connectivity index (χ0v) is 27.7. The van der Waals surface area contributed by atoms with Crippen LogP contribution in [0, 0.1) is 11.6 Å². The molecule has 0 bridgehead atoms. The van der Waals surface area contributed by atoms with Crippen molar-refractivity contribution in [2.24, 2.45) is 5.16 Å². The molecule has 1 N–H and O–H groups in total. The molecule has 3 aliphatic rings. The molecule has 1 fully saturated rings. The minimum atomic E-state index is -1.04. The van der Waals surface area contributed by atoms with Gasteiger partial charge in [-0.05, 0) is 47.9 Å². The van der Waals surface area contributed by atoms with Gasteiger partial charge in [-0.3, -0.25) is 4.79 Å². The summed E-state index contributed by atoms with van der Waals surface area (Å²) in [5.74, 6) is -1.67. The van der Waals surface area contributed by atoms with Gasteiger partial charge in [0.15, 0.2) is 29.7 Å². The van der Waals surface area contributed by atoms with Crippen LogP contribution in [-0.4, -0.2) is 74.7 Å². The molecule has 50 heavy (non-hydrogen) atoms. The summed E-state index contributed by atoms with van der Waals surface area (Å²) in [5, 5.41) is 4.34. The van der Waals surface area contributed by atoms with Crippen molar-refractivity contribution >= 4 is 23.8 Å². The summed E-state index contributed by atoms with van der Waals surface area (Å²) in [6.45, 7) is 0.279. The fourth-order valence-electron chi connectivity index (χ4n) is 6.03. The van der Waals surface area contributed by atoms with Gasteiger partial charge < -0.3 is 38.8 Å². The first-order chi connectivity index (χ1) is 24.4. The number of amides is 1. The maximum atomic E-state index is 15.5. The first kappa shape index (κ1) is 33.2. The number of thioether (sulfide) groups is 1. The predicted octanol–water partition coefficient (Wildman–Crippen LogP) is 5.02. The Hall–Kier alpha value is -5.28. The van der Waals surface area contributed by atoms with E-state index in [1.54, 1.807) is 23.1 Å². The van der Waals surface area contributed by atoms with Crippen molar-refractivity contribution in [2.75, 3.05) is 52.3 Å². The summed E-state index contributed by atoms with van der Waals surface area (Å²) in [7, 11) is 1.15. The van der Waals surface area contributed by atoms with Crippen molar-refractivity contribution in [3.05, 3.63) is 106 Å². The molecule has 1 amide bonds. The van der Waals surface area contributed by atoms with Gasteiger partial charge in [0.25, 0.3) is 5.91 Å². The monoisotopic (exact) mass is 706 g/mol. The van der Waals surface area contributed by atoms with Gasteiger partial charge >= 0.3 is 6.16 Å². The Morgan fingerprint density at radius 2 is 1.88 bits per heavy atom. The lowest BCUT2D eigenvalue weighted by Gasteiger charge is -2.42. The Balaban J connectivity index is 1.38. The second-order valence-corrected chi connectivity index (χ2v) is 12.4. The van der Waals surface area contributed by atoms with Gasteiger partial charge in [-0.1, -0.05) is 41.6 Å². The molecule has 0 saturated carbocycles. The molecule has 15 heteroatoms. The van der Waals surface area contributed by atoms with Crippen LogP contribution in [0.1, 0.15) is 27.2 Å². The number of hydrogen-bond acceptors (Lipinski definition) is 11. The first-order valence-corrected chi connectivity index (χ1v) is 16.7. The number of fused-ring (bicyclic) bond motifs is 4. The number of pyridine rings is 1. The molecule has 0 radical (unpaired) electrons. The molecule has 12 nitrogen and oxygen atoms in total. The third-order valence-corrected chi connectivity index (χ3v) is 9.52. The number of aromatic nitrogens is 1. The average molecular weight is 707 g/mol. The molecule has 3 aliphatic heterocycles. The highest BCUT2D eigenvalue weighted by Crippen LogP contribution is 2.41. The maximum Gasteiger partial charge on any atom is 0.510 e. The van der Waals surface area contributed by atoms with Crippen LogP contribution in [0.25, 0.3) is 11.3 Å². The summed E-state index contributed by atoms with van der Waals surface area (Å²) in [4.78, 5) is 34.2. The zero-order chi connectivity index (χ0) is 34.6. The summed E-state index contributed by atoms with van der Waals surface area (Å²) in [6, 6.07) is 19.5. The highest BCUT2D eigenvalue weighted by molar-refractivity contribution is 7.98. The van der Waals surface area contributed by atoms with Crippen LogP contribution in [0.15, 0.2) is 76.8 Å². The molecule has 1 aromatic heterocycles. The SMILES string of the molecule is COC(=O)OCOc1c2n(c(-c3cc(F)c(F)c4c3Cc3ccccc3SC4)c/c1=N\OCCOc1ccccc1)N[C@@H]1COCCN1C2=O. The molecular formula is C35H32F2N4O8S. The quantitative estimate of drug-likeness (QED) is 0.110. The number of nitrogens with one attached hydrogen (secondary N) is 1. The number of benzene rings is 3. The lowest BCUT2D eigenvalue weighted by molar-refractivity contribution is -0.00497. The van der Waals surface area contributed by atoms with Gasteiger partial charge in [0, 0.05) is 28.3 Å². The van der Waals surface area contributed by atoms with E-state index in [9.17, 15) is 9.59 Å². The Morgan fingerprint density at radius 1 is 1.06 bits per heavy atom. The van der Waals surface area contributed by atoms with Gasteiger partial charge in [-0.25, -0.2) is 18.3 Å². The Bertz CT molecular complexity index is 1990. The van der Waals surface area contributed by atoms with Gasteiger partial charge in [-0.2, -0.15) is 0 Å². The molecule has 1 atom stereocenters. The van der Waals surface area contributed by atoms with Crippen molar-refractivity contribution in [2.45, 2.75) is 23.2 Å². The summed E-state index contributed by atoms with van der Waals surface area (Å²) < 4.78 is 59.3. The van der Waals surface area contributed by atoms with Gasteiger partial charge in [-0.15, -0.1) is 11.8 Å². The molecule has 0 unspecified atom stereocenters. The third-order valence-electron chi connectivity index (χ3n) is 8.37. The second kappa shape index (κ2) is 14.7. The predicted molar refractivity (Wildman–Crippen MR) is 176 cm³/mol. The van der Waals surface area contributed by atoms with E-state index in [0.29, 0.717) is 35.6 Å². The van der Waals surface area contributed by atoms with E-state index in [1.165, 1.54) is 16.4 Å². The summed E-state index contributed by atoms with van der Waals surface area (Å²) in [5.41, 5.74) is 5.63. The number of carbonyl (C=O) groups is 2. The number of ether oxygens (including phenoxy) is 5. The van der Waals surface area contributed by atoms with Gasteiger partial charge in [0.1, 0.15) is 23.9 Å². The normalized spacial score (nSPS) is 16.5. The van der Waals surface area contributed by atoms with Crippen molar-refractivity contribution in [1.29, 1.82) is 0 Å². The fraction of sp³-hybridized carbons (Fsp3) is 0.286. The van der Waals surface area contributed by atoms with E-state index in [1.807, 2.05) is 42.5 Å². The third kappa shape index (κ3) is 6.65. The number of morpholine rings is 1. The number of hydrogen-bond donors (Lipinski definition) is 1. The van der Waals surface area contributed by atoms with E-state index < -0.39 is 36.7 Å². The topological polar surface area (TPSA) is 122 Å². The van der Waals surface area contributed by atoms with E-state index in [4.69, 9.17) is 23.8 Å². The highest BCUT2D eigenvalue weighted by atomic mass is 32.2. The molecular weight excluding hydrogens is 674 g/mol. The number of carbonyl (C=O) groups excluding carboxylic acids is 2. The lowest BCUT2D eigenvalue weighted by Crippen LogP contribution is -2.59. The molecule has 7 rings (SSSR count). The standard InChI is InChI=1S/C35H32F2N4O8S/c1-44-35(43)48-20-47-33-27(39-49-14-13-46-22-8-3-2-4-9-22)17-28(41-32(33)34(42)40-11-12-45-18-30(40)38-41)24-16-26(36)31(37)25-19-50-29-10-6-5-7-21(29)15-23(24)25/h2-10,16-17,30,38H,11-15,18-20H2,1H3/b39-27+/t30-/m0/s1. The van der Waals surface area contributed by atoms with E-state index >= 15 is 8.78 Å². The Morgan fingerprint density at radius 3 is 2.72 bits per heavy atom. The molecule has 4 heterocycles. The van der Waals surface area contributed by atoms with Crippen LogP contribution in [0.5, 0.6) is 11.5 Å². The van der Waals surface area contributed by atoms with Crippen molar-refractivity contribution in [3.63, 3.8) is 0 Å². The number of halogens is 2. The van der Waals surface area contributed by atoms with Crippen LogP contribution in [0.4, 0.5) is 13.6 Å². The Labute approximate surface area is 289 Å². The van der Waals surface area contributed by atoms with Crippen molar-refractivity contribution < 1.29 is 46.9 Å². The number of nitrogens with zero attached hydrogens (tertiary/aromatic N) is 3. The van der Waals surface area contributed by atoms with Crippen molar-refractivity contribution in [3.8, 4) is 22.8 Å². The minimum absolute atomic E-state index is 0.0128. The number of methoxy groups -OCH3 is 1. The first-order valence-electron chi connectivity index (χ1n) is 15.8. The zero-order valence-electron chi connectivity index (χ0n) is 26.9. The maximum absolute atomic E-state index is 15.5. The second-order valence-electron chi connectivity index (χ2n) is 11.3. The fourth-order valence-corrected chi connectivity index (χ4v) is 7.13. The van der Waals surface area contributed by atoms with Crippen molar-refractivity contribution in [1.82, 2.24) is 9.58 Å². The number of para-hydroxylation sites is 1. The van der Waals surface area contributed by atoms with Gasteiger partial charge in [0.05, 0.1) is 26.0 Å². The molecule has 0 aliphatic carbocycles. The molecule has 260 valence electrons. The number of rotatable bonds is 9. The van der Waals surface area contributed by atoms with Gasteiger partial charge in [0.2, 0.25) is 6.79 Å². The van der Waals surface area contributed by atoms with E-state index in [-0.39, 0.29) is 54.5 Å². The average Bonchev–Trinajstić information content (AvgIpc) is 3.34. The molecule has 3 aromatic carbocycles. The largest absolute Gasteiger partial charge is 0.510 e.